The van der Waals surface area contributed by atoms with Gasteiger partial charge in [0.05, 0.1) is 12.1 Å². The summed E-state index contributed by atoms with van der Waals surface area (Å²) in [4.78, 5) is 4.87. The summed E-state index contributed by atoms with van der Waals surface area (Å²) in [7, 11) is 0. The molecular weight excluding hydrogens is 256 g/mol. The van der Waals surface area contributed by atoms with Crippen molar-refractivity contribution in [2.24, 2.45) is 11.7 Å². The van der Waals surface area contributed by atoms with Gasteiger partial charge in [0.15, 0.2) is 0 Å². The standard InChI is InChI=1S/C15H18N2OS/c1-9(2)8-18-11-4-5-14-12(7-11)13(15(16)19)6-10(3)17-14/h4-7,9H,8H2,1-3H3,(H2,16,19). The van der Waals surface area contributed by atoms with E-state index in [1.54, 1.807) is 0 Å². The maximum absolute atomic E-state index is 5.78. The van der Waals surface area contributed by atoms with Crippen LogP contribution in [0.3, 0.4) is 0 Å². The van der Waals surface area contributed by atoms with Gasteiger partial charge in [0, 0.05) is 16.6 Å². The maximum atomic E-state index is 5.78. The topological polar surface area (TPSA) is 48.1 Å². The van der Waals surface area contributed by atoms with E-state index < -0.39 is 0 Å². The van der Waals surface area contributed by atoms with Gasteiger partial charge in [-0.15, -0.1) is 0 Å². The maximum Gasteiger partial charge on any atom is 0.120 e. The van der Waals surface area contributed by atoms with Crippen LogP contribution >= 0.6 is 12.2 Å². The smallest absolute Gasteiger partial charge is 0.120 e. The second-order valence-electron chi connectivity index (χ2n) is 5.06. The molecule has 0 aliphatic rings. The van der Waals surface area contributed by atoms with Crippen LogP contribution in [0.2, 0.25) is 0 Å². The molecule has 0 saturated carbocycles. The van der Waals surface area contributed by atoms with E-state index in [1.165, 1.54) is 0 Å². The number of pyridine rings is 1. The first-order valence-corrected chi connectivity index (χ1v) is 6.72. The van der Waals surface area contributed by atoms with Crippen LogP contribution in [0.5, 0.6) is 5.75 Å². The molecule has 2 aromatic rings. The lowest BCUT2D eigenvalue weighted by Crippen LogP contribution is -2.11. The van der Waals surface area contributed by atoms with Crippen molar-refractivity contribution in [1.29, 1.82) is 0 Å². The van der Waals surface area contributed by atoms with Crippen molar-refractivity contribution in [2.45, 2.75) is 20.8 Å². The van der Waals surface area contributed by atoms with Gasteiger partial charge >= 0.3 is 0 Å². The van der Waals surface area contributed by atoms with Crippen molar-refractivity contribution < 1.29 is 4.74 Å². The van der Waals surface area contributed by atoms with Gasteiger partial charge in [-0.3, -0.25) is 4.98 Å². The van der Waals surface area contributed by atoms with Crippen LogP contribution < -0.4 is 10.5 Å². The normalized spacial score (nSPS) is 10.9. The van der Waals surface area contributed by atoms with E-state index in [0.717, 1.165) is 27.9 Å². The highest BCUT2D eigenvalue weighted by Gasteiger charge is 2.08. The summed E-state index contributed by atoms with van der Waals surface area (Å²) in [5.74, 6) is 1.31. The van der Waals surface area contributed by atoms with E-state index in [1.807, 2.05) is 31.2 Å². The molecule has 0 bridgehead atoms. The molecule has 0 atom stereocenters. The Bertz CT molecular complexity index is 623. The minimum absolute atomic E-state index is 0.386. The summed E-state index contributed by atoms with van der Waals surface area (Å²) in [5.41, 5.74) is 8.44. The number of ether oxygens (including phenoxy) is 1. The van der Waals surface area contributed by atoms with E-state index in [2.05, 4.69) is 18.8 Å². The highest BCUT2D eigenvalue weighted by molar-refractivity contribution is 7.80. The van der Waals surface area contributed by atoms with Crippen LogP contribution in [0.4, 0.5) is 0 Å². The predicted molar refractivity (Wildman–Crippen MR) is 82.7 cm³/mol. The van der Waals surface area contributed by atoms with Crippen molar-refractivity contribution in [1.82, 2.24) is 4.98 Å². The van der Waals surface area contributed by atoms with E-state index in [9.17, 15) is 0 Å². The van der Waals surface area contributed by atoms with Crippen LogP contribution in [-0.4, -0.2) is 16.6 Å². The summed E-state index contributed by atoms with van der Waals surface area (Å²) in [6.07, 6.45) is 0. The van der Waals surface area contributed by atoms with Crippen molar-refractivity contribution in [2.75, 3.05) is 6.61 Å². The molecule has 1 aromatic carbocycles. The first kappa shape index (κ1) is 13.7. The number of nitrogens with two attached hydrogens (primary N) is 1. The van der Waals surface area contributed by atoms with E-state index >= 15 is 0 Å². The summed E-state index contributed by atoms with van der Waals surface area (Å²) >= 11 is 5.11. The Morgan fingerprint density at radius 3 is 2.74 bits per heavy atom. The first-order chi connectivity index (χ1) is 8.97. The Hall–Kier alpha value is -1.68. The molecule has 0 saturated heterocycles. The molecule has 19 heavy (non-hydrogen) atoms. The molecule has 100 valence electrons. The fourth-order valence-electron chi connectivity index (χ4n) is 1.89. The van der Waals surface area contributed by atoms with Crippen LogP contribution in [0, 0.1) is 12.8 Å². The highest BCUT2D eigenvalue weighted by atomic mass is 32.1. The zero-order valence-electron chi connectivity index (χ0n) is 11.4. The minimum atomic E-state index is 0.386. The van der Waals surface area contributed by atoms with Gasteiger partial charge in [0.25, 0.3) is 0 Å². The number of aromatic nitrogens is 1. The molecule has 0 radical (unpaired) electrons. The Morgan fingerprint density at radius 2 is 2.11 bits per heavy atom. The minimum Gasteiger partial charge on any atom is -0.493 e. The van der Waals surface area contributed by atoms with E-state index in [0.29, 0.717) is 17.5 Å². The van der Waals surface area contributed by atoms with Crippen molar-refractivity contribution in [3.05, 3.63) is 35.5 Å². The van der Waals surface area contributed by atoms with Crippen molar-refractivity contribution in [3.8, 4) is 5.75 Å². The number of hydrogen-bond donors (Lipinski definition) is 1. The lowest BCUT2D eigenvalue weighted by Gasteiger charge is -2.11. The third-order valence-corrected chi connectivity index (χ3v) is 2.98. The molecule has 3 nitrogen and oxygen atoms in total. The van der Waals surface area contributed by atoms with E-state index in [4.69, 9.17) is 22.7 Å². The monoisotopic (exact) mass is 274 g/mol. The highest BCUT2D eigenvalue weighted by Crippen LogP contribution is 2.24. The number of fused-ring (bicyclic) bond motifs is 1. The van der Waals surface area contributed by atoms with Gasteiger partial charge in [0.1, 0.15) is 10.7 Å². The summed E-state index contributed by atoms with van der Waals surface area (Å²) < 4.78 is 5.73. The zero-order valence-corrected chi connectivity index (χ0v) is 12.3. The lowest BCUT2D eigenvalue weighted by atomic mass is 10.1. The van der Waals surface area contributed by atoms with Gasteiger partial charge in [-0.1, -0.05) is 26.1 Å². The molecule has 0 unspecified atom stereocenters. The zero-order chi connectivity index (χ0) is 14.0. The molecule has 0 aliphatic heterocycles. The summed E-state index contributed by atoms with van der Waals surface area (Å²) in [6.45, 7) is 6.86. The Morgan fingerprint density at radius 1 is 1.37 bits per heavy atom. The average molecular weight is 274 g/mol. The average Bonchev–Trinajstić information content (AvgIpc) is 2.35. The number of hydrogen-bond acceptors (Lipinski definition) is 3. The molecule has 0 fully saturated rings. The van der Waals surface area contributed by atoms with Crippen LogP contribution in [0.25, 0.3) is 10.9 Å². The first-order valence-electron chi connectivity index (χ1n) is 6.31. The molecular formula is C15H18N2OS. The molecule has 0 amide bonds. The number of nitrogens with zero attached hydrogens (tertiary/aromatic N) is 1. The SMILES string of the molecule is Cc1cc(C(N)=S)c2cc(OCC(C)C)ccc2n1. The summed E-state index contributed by atoms with van der Waals surface area (Å²) in [6, 6.07) is 7.75. The molecule has 2 rings (SSSR count). The largest absolute Gasteiger partial charge is 0.493 e. The molecule has 0 aliphatic carbocycles. The van der Waals surface area contributed by atoms with Gasteiger partial charge in [0.2, 0.25) is 0 Å². The molecule has 4 heteroatoms. The van der Waals surface area contributed by atoms with Crippen LogP contribution in [0.15, 0.2) is 24.3 Å². The third kappa shape index (κ3) is 3.20. The molecule has 1 heterocycles. The Labute approximate surface area is 118 Å². The van der Waals surface area contributed by atoms with Gasteiger partial charge in [-0.2, -0.15) is 0 Å². The third-order valence-electron chi connectivity index (χ3n) is 2.76. The van der Waals surface area contributed by atoms with Crippen molar-refractivity contribution in [3.63, 3.8) is 0 Å². The van der Waals surface area contributed by atoms with Crippen LogP contribution in [0.1, 0.15) is 25.1 Å². The second kappa shape index (κ2) is 5.53. The Kier molecular flexibility index (Phi) is 4.00. The quantitative estimate of drug-likeness (QED) is 0.870. The number of thiocarbonyl (C=S) groups is 1. The molecule has 0 spiro atoms. The van der Waals surface area contributed by atoms with Crippen LogP contribution in [-0.2, 0) is 0 Å². The predicted octanol–water partition coefficient (Wildman–Crippen LogP) is 3.21. The van der Waals surface area contributed by atoms with Crippen molar-refractivity contribution >= 4 is 28.1 Å². The van der Waals surface area contributed by atoms with Gasteiger partial charge in [-0.05, 0) is 37.1 Å². The molecule has 1 aromatic heterocycles. The summed E-state index contributed by atoms with van der Waals surface area (Å²) in [5, 5.41) is 0.944. The van der Waals surface area contributed by atoms with Gasteiger partial charge in [-0.25, -0.2) is 0 Å². The fraction of sp³-hybridized carbons (Fsp3) is 0.333. The van der Waals surface area contributed by atoms with Gasteiger partial charge < -0.3 is 10.5 Å². The van der Waals surface area contributed by atoms with E-state index in [-0.39, 0.29) is 0 Å². The lowest BCUT2D eigenvalue weighted by molar-refractivity contribution is 0.271. The second-order valence-corrected chi connectivity index (χ2v) is 5.50. The fourth-order valence-corrected chi connectivity index (χ4v) is 2.06. The number of aryl methyl sites for hydroxylation is 1. The Balaban J connectivity index is 2.48. The number of rotatable bonds is 4. The number of benzene rings is 1. The molecule has 2 N–H and O–H groups in total.